The highest BCUT2D eigenvalue weighted by Gasteiger charge is 2.62. The number of phenolic OH excluding ortho intramolecular Hbond substituents is 1. The number of aromatic nitrogens is 3. The number of ether oxygens (including phenoxy) is 3. The minimum atomic E-state index is -1.08. The summed E-state index contributed by atoms with van der Waals surface area (Å²) in [6.45, 7) is 29.1. The molecular formula is C86H115BrN6O10. The first-order valence-corrected chi connectivity index (χ1v) is 38.0. The van der Waals surface area contributed by atoms with Crippen molar-refractivity contribution in [3.8, 4) is 17.2 Å². The first-order valence-electron chi connectivity index (χ1n) is 36.8. The molecule has 556 valence electrons. The number of aryl methyl sites for hydroxylation is 1. The molecule has 3 aromatic heterocycles. The van der Waals surface area contributed by atoms with Crippen molar-refractivity contribution in [1.29, 1.82) is 0 Å². The summed E-state index contributed by atoms with van der Waals surface area (Å²) >= 11 is 3.30. The summed E-state index contributed by atoms with van der Waals surface area (Å²) in [7, 11) is 0. The number of benzene rings is 4. The van der Waals surface area contributed by atoms with Crippen LogP contribution in [-0.4, -0.2) is 85.9 Å². The van der Waals surface area contributed by atoms with Gasteiger partial charge in [-0.25, -0.2) is 0 Å². The van der Waals surface area contributed by atoms with Crippen LogP contribution in [0.3, 0.4) is 0 Å². The van der Waals surface area contributed by atoms with Gasteiger partial charge in [0, 0.05) is 75.2 Å². The molecule has 6 saturated carbocycles. The van der Waals surface area contributed by atoms with Crippen molar-refractivity contribution in [2.75, 3.05) is 31.7 Å². The van der Waals surface area contributed by atoms with Gasteiger partial charge in [-0.1, -0.05) is 177 Å². The van der Waals surface area contributed by atoms with Gasteiger partial charge >= 0.3 is 0 Å². The van der Waals surface area contributed by atoms with E-state index in [1.54, 1.807) is 54.7 Å². The average Bonchev–Trinajstić information content (AvgIpc) is 1.58. The lowest BCUT2D eigenvalue weighted by molar-refractivity contribution is -0.491. The van der Waals surface area contributed by atoms with Crippen molar-refractivity contribution in [2.24, 2.45) is 66.9 Å². The average molecular weight is 1470 g/mol. The van der Waals surface area contributed by atoms with Gasteiger partial charge in [-0.3, -0.25) is 44.4 Å². The topological polar surface area (TPSA) is 240 Å². The van der Waals surface area contributed by atoms with Crippen LogP contribution in [0.5, 0.6) is 17.2 Å². The number of ketones is 1. The van der Waals surface area contributed by atoms with E-state index in [-0.39, 0.29) is 16.6 Å². The summed E-state index contributed by atoms with van der Waals surface area (Å²) in [6.07, 6.45) is 21.8. The van der Waals surface area contributed by atoms with E-state index in [2.05, 4.69) is 124 Å². The number of hydrogen-bond donors (Lipinski definition) is 3. The Balaban J connectivity index is 0.000000188. The second kappa shape index (κ2) is 41.0. The molecule has 8 atom stereocenters. The molecule has 0 radical (unpaired) electrons. The highest BCUT2D eigenvalue weighted by atomic mass is 79.9. The molecule has 6 aliphatic rings. The molecule has 4 aromatic carbocycles. The van der Waals surface area contributed by atoms with Crippen LogP contribution < -0.4 is 15.2 Å². The minimum absolute atomic E-state index is 0.0255. The molecule has 6 aliphatic carbocycles. The van der Waals surface area contributed by atoms with Gasteiger partial charge in [0.15, 0.2) is 0 Å². The number of hydrogen-bond acceptors (Lipinski definition) is 15. The molecule has 17 heteroatoms. The number of aliphatic hydroxyl groups excluding tert-OH is 1. The highest BCUT2D eigenvalue weighted by Crippen LogP contribution is 2.69. The fourth-order valence-corrected chi connectivity index (χ4v) is 15.8. The molecule has 0 aliphatic heterocycles. The Hall–Kier alpha value is -7.83. The zero-order chi connectivity index (χ0) is 75.1. The first-order chi connectivity index (χ1) is 49.2. The third-order valence-corrected chi connectivity index (χ3v) is 23.7. The summed E-state index contributed by atoms with van der Waals surface area (Å²) in [5, 5.41) is 29.5. The first kappa shape index (κ1) is 84.1. The van der Waals surface area contributed by atoms with E-state index in [9.17, 15) is 29.6 Å². The number of aromatic hydroxyl groups is 1. The maximum Gasteiger partial charge on any atom is 0.233 e. The Kier molecular flexibility index (Phi) is 33.5. The number of aliphatic imine (C=N–C) groups is 1. The highest BCUT2D eigenvalue weighted by molar-refractivity contribution is 9.09. The van der Waals surface area contributed by atoms with Gasteiger partial charge < -0.3 is 30.2 Å². The number of nitrogens with zero attached hydrogens (tertiary/aromatic N) is 5. The summed E-state index contributed by atoms with van der Waals surface area (Å²) in [5.41, 5.74) is 15.1. The van der Waals surface area contributed by atoms with E-state index in [1.807, 2.05) is 93.0 Å². The number of nitrogens with two attached hydrogens (primary N) is 1. The second-order valence-electron chi connectivity index (χ2n) is 30.1. The monoisotopic (exact) mass is 1470 g/mol. The number of Topliss-reactive ketones (excluding diaryl/α,β-unsaturated/α-hetero) is 1. The van der Waals surface area contributed by atoms with Crippen molar-refractivity contribution in [2.45, 2.75) is 185 Å². The molecule has 0 amide bonds. The van der Waals surface area contributed by atoms with E-state index in [0.29, 0.717) is 88.5 Å². The number of carbonyl (C=O) groups is 3. The molecular weight excluding hydrogens is 1360 g/mol. The van der Waals surface area contributed by atoms with Crippen molar-refractivity contribution in [1.82, 2.24) is 15.0 Å². The van der Waals surface area contributed by atoms with E-state index < -0.39 is 17.6 Å². The molecule has 0 saturated heterocycles. The largest absolute Gasteiger partial charge is 0.508 e. The van der Waals surface area contributed by atoms with Gasteiger partial charge in [-0.2, -0.15) is 0 Å². The van der Waals surface area contributed by atoms with Gasteiger partial charge in [0.25, 0.3) is 0 Å². The van der Waals surface area contributed by atoms with E-state index in [4.69, 9.17) is 30.0 Å². The van der Waals surface area contributed by atoms with E-state index >= 15 is 0 Å². The van der Waals surface area contributed by atoms with E-state index in [1.165, 1.54) is 80.5 Å². The zero-order valence-corrected chi connectivity index (χ0v) is 64.6. The fraction of sp³-hybridized carbons (Fsp3) is 0.500. The number of aldehydes is 2. The number of nitro groups is 1. The Bertz CT molecular complexity index is 3710. The lowest BCUT2D eigenvalue weighted by Crippen LogP contribution is -2.32. The Labute approximate surface area is 622 Å². The number of halogens is 1. The SMILES string of the molecule is BrCCOCc1ccccc1.CC1(C)C2CC[C@@]1(C)C(=NCc1ccccn1)C2.CC1(C)C2CC[C@@]1(C)C(=O)C2.CC1(C)C2CC[C@@]1(C)C(CCc1ccccn1)C2.CCCOc1cccc(C=O)c1.CCCOc1cccc([C@H](O)C[N+](=O)[O-])c1.NCc1ccccn1.O=Cc1cccc(O)c1. The molecule has 103 heavy (non-hydrogen) atoms. The van der Waals surface area contributed by atoms with Gasteiger partial charge in [0.2, 0.25) is 6.54 Å². The van der Waals surface area contributed by atoms with Crippen molar-refractivity contribution >= 4 is 40.0 Å². The van der Waals surface area contributed by atoms with Crippen LogP contribution >= 0.6 is 15.9 Å². The molecule has 6 fully saturated rings. The van der Waals surface area contributed by atoms with Crippen molar-refractivity contribution in [3.05, 3.63) is 226 Å². The predicted molar refractivity (Wildman–Crippen MR) is 416 cm³/mol. The third kappa shape index (κ3) is 23.6. The number of alkyl halides is 1. The number of fused-ring (bicyclic) bond motifs is 6. The molecule has 16 nitrogen and oxygen atoms in total. The van der Waals surface area contributed by atoms with E-state index in [0.717, 1.165) is 91.8 Å². The minimum Gasteiger partial charge on any atom is -0.508 e. The number of aliphatic hydroxyl groups is 1. The normalized spacial score (nSPS) is 23.2. The number of pyridine rings is 3. The van der Waals surface area contributed by atoms with Gasteiger partial charge in [-0.05, 0) is 206 Å². The molecule has 0 spiro atoms. The van der Waals surface area contributed by atoms with Crippen LogP contribution in [0.4, 0.5) is 0 Å². The summed E-state index contributed by atoms with van der Waals surface area (Å²) < 4.78 is 16.0. The molecule has 6 bridgehead atoms. The molecule has 3 heterocycles. The number of rotatable bonds is 21. The van der Waals surface area contributed by atoms with Gasteiger partial charge in [-0.15, -0.1) is 0 Å². The van der Waals surface area contributed by atoms with Crippen molar-refractivity contribution < 1.29 is 43.7 Å². The van der Waals surface area contributed by atoms with Crippen LogP contribution in [0.2, 0.25) is 0 Å². The number of carbonyl (C=O) groups excluding carboxylic acids is 3. The maximum absolute atomic E-state index is 11.6. The molecule has 13 rings (SSSR count). The predicted octanol–water partition coefficient (Wildman–Crippen LogP) is 19.2. The molecule has 4 unspecified atom stereocenters. The van der Waals surface area contributed by atoms with Crippen LogP contribution in [0.1, 0.15) is 208 Å². The lowest BCUT2D eigenvalue weighted by Gasteiger charge is -2.39. The second-order valence-corrected chi connectivity index (χ2v) is 30.9. The van der Waals surface area contributed by atoms with Gasteiger partial charge in [0.1, 0.15) is 41.7 Å². The molecule has 4 N–H and O–H groups in total. The summed E-state index contributed by atoms with van der Waals surface area (Å²) in [6, 6.07) is 48.3. The van der Waals surface area contributed by atoms with Crippen molar-refractivity contribution in [3.63, 3.8) is 0 Å². The molecule has 7 aromatic rings. The quantitative estimate of drug-likeness (QED) is 0.0199. The van der Waals surface area contributed by atoms with Gasteiger partial charge in [0.05, 0.1) is 44.4 Å². The van der Waals surface area contributed by atoms with Crippen LogP contribution in [0, 0.1) is 66.3 Å². The summed E-state index contributed by atoms with van der Waals surface area (Å²) in [5.74, 6) is 5.43. The summed E-state index contributed by atoms with van der Waals surface area (Å²) in [4.78, 5) is 59.4. The lowest BCUT2D eigenvalue weighted by atomic mass is 9.65. The maximum atomic E-state index is 11.6. The zero-order valence-electron chi connectivity index (χ0n) is 63.0. The number of phenols is 1. The van der Waals surface area contributed by atoms with Crippen LogP contribution in [-0.2, 0) is 35.6 Å². The Morgan fingerprint density at radius 3 is 1.60 bits per heavy atom. The third-order valence-electron chi connectivity index (χ3n) is 23.4. The Morgan fingerprint density at radius 1 is 0.631 bits per heavy atom. The van der Waals surface area contributed by atoms with Crippen LogP contribution in [0.15, 0.2) is 181 Å². The van der Waals surface area contributed by atoms with Crippen LogP contribution in [0.25, 0.3) is 0 Å². The Morgan fingerprint density at radius 2 is 1.17 bits per heavy atom. The standard InChI is InChI=1S/C17H25N.C16H22N2.C11H15NO4.C10H12O2.C10H16O.C9H11BrO.C7H6O2.C6H8N2/c1-16(2)13-9-10-17(16,3)14(12-13)7-8-15-6-4-5-11-18-15;1-15(2)12-7-8-16(15,3)14(10-12)18-11-13-6-4-5-9-17-13;1-2-6-16-10-5-3-4-9(7-10)11(13)8-12(14)15;1-2-6-12-10-5-3-4-9(7-10)8-11;1-9(2)7-4-5-10(9,3)8(11)6-7;10-6-7-11-8-9-4-2-1-3-5-9;8-5-6-2-1-3-7(9)4-6;7-5-6-3-1-2-4-8-6/h4-6,11,13-14H,7-10,12H2,1-3H3;4-6,9,12H,7-8,10-11H2,1-3H3;3-5,7,11,13H,2,6,8H2,1H3;3-5,7-8H,2,6H2,1H3;7H,4-6H2,1-3H3;1-5H,6-8H2;1-5,9H;1-4H,5,7H2/t13?,14?,17-;12?,16-;11-;;7?,10-;;;/m001.0.../s1. The smallest absolute Gasteiger partial charge is 0.233 e. The fourth-order valence-electron chi connectivity index (χ4n) is 15.5.